The normalized spacial score (nSPS) is 12.4. The van der Waals surface area contributed by atoms with Gasteiger partial charge in [0.2, 0.25) is 0 Å². The van der Waals surface area contributed by atoms with Crippen molar-refractivity contribution in [2.45, 2.75) is 12.5 Å². The smallest absolute Gasteiger partial charge is 0.165 e. The molecule has 1 aromatic heterocycles. The SMILES string of the molecule is COc1ccc(C(N)Cc2cn(C)nn2)cc1F. The highest BCUT2D eigenvalue weighted by atomic mass is 19.1. The van der Waals surface area contributed by atoms with Gasteiger partial charge in [-0.3, -0.25) is 4.68 Å². The molecule has 0 saturated heterocycles. The van der Waals surface area contributed by atoms with Crippen LogP contribution < -0.4 is 10.5 Å². The van der Waals surface area contributed by atoms with Gasteiger partial charge in [0, 0.05) is 25.7 Å². The largest absolute Gasteiger partial charge is 0.494 e. The Morgan fingerprint density at radius 2 is 2.28 bits per heavy atom. The van der Waals surface area contributed by atoms with Gasteiger partial charge in [-0.25, -0.2) is 4.39 Å². The van der Waals surface area contributed by atoms with E-state index in [1.165, 1.54) is 13.2 Å². The number of hydrogen-bond donors (Lipinski definition) is 1. The third-order valence-corrected chi connectivity index (χ3v) is 2.68. The number of ether oxygens (including phenoxy) is 1. The summed E-state index contributed by atoms with van der Waals surface area (Å²) in [6.07, 6.45) is 2.30. The van der Waals surface area contributed by atoms with Crippen LogP contribution in [0.15, 0.2) is 24.4 Å². The topological polar surface area (TPSA) is 66.0 Å². The zero-order valence-electron chi connectivity index (χ0n) is 10.3. The number of aryl methyl sites for hydroxylation is 1. The van der Waals surface area contributed by atoms with Crippen molar-refractivity contribution >= 4 is 0 Å². The maximum atomic E-state index is 13.5. The van der Waals surface area contributed by atoms with E-state index in [9.17, 15) is 4.39 Å². The average molecular weight is 250 g/mol. The molecule has 0 aliphatic carbocycles. The van der Waals surface area contributed by atoms with Crippen molar-refractivity contribution in [1.29, 1.82) is 0 Å². The Labute approximate surface area is 104 Å². The van der Waals surface area contributed by atoms with Gasteiger partial charge in [0.25, 0.3) is 0 Å². The van der Waals surface area contributed by atoms with Crippen molar-refractivity contribution in [3.63, 3.8) is 0 Å². The second kappa shape index (κ2) is 5.14. The van der Waals surface area contributed by atoms with Gasteiger partial charge in [-0.15, -0.1) is 5.10 Å². The average Bonchev–Trinajstić information content (AvgIpc) is 2.74. The maximum Gasteiger partial charge on any atom is 0.165 e. The zero-order valence-corrected chi connectivity index (χ0v) is 10.3. The van der Waals surface area contributed by atoms with E-state index < -0.39 is 5.82 Å². The van der Waals surface area contributed by atoms with E-state index in [1.54, 1.807) is 30.1 Å². The molecule has 2 N–H and O–H groups in total. The van der Waals surface area contributed by atoms with E-state index in [4.69, 9.17) is 10.5 Å². The molecule has 1 heterocycles. The molecule has 18 heavy (non-hydrogen) atoms. The first-order valence-corrected chi connectivity index (χ1v) is 5.54. The second-order valence-corrected chi connectivity index (χ2v) is 4.09. The van der Waals surface area contributed by atoms with Crippen LogP contribution in [0.3, 0.4) is 0 Å². The highest BCUT2D eigenvalue weighted by molar-refractivity contribution is 5.31. The molecule has 0 spiro atoms. The quantitative estimate of drug-likeness (QED) is 0.885. The summed E-state index contributed by atoms with van der Waals surface area (Å²) in [6.45, 7) is 0. The maximum absolute atomic E-state index is 13.5. The first-order chi connectivity index (χ1) is 8.60. The summed E-state index contributed by atoms with van der Waals surface area (Å²) in [6, 6.07) is 4.39. The lowest BCUT2D eigenvalue weighted by molar-refractivity contribution is 0.386. The van der Waals surface area contributed by atoms with Crippen LogP contribution in [0.1, 0.15) is 17.3 Å². The van der Waals surface area contributed by atoms with Gasteiger partial charge < -0.3 is 10.5 Å². The Morgan fingerprint density at radius 1 is 1.50 bits per heavy atom. The van der Waals surface area contributed by atoms with Crippen molar-refractivity contribution in [3.05, 3.63) is 41.5 Å². The molecule has 2 aromatic rings. The predicted octanol–water partition coefficient (Wildman–Crippen LogP) is 1.21. The number of nitrogens with two attached hydrogens (primary N) is 1. The fourth-order valence-corrected chi connectivity index (χ4v) is 1.75. The molecule has 0 fully saturated rings. The first kappa shape index (κ1) is 12.5. The molecule has 0 aliphatic heterocycles. The number of hydrogen-bond acceptors (Lipinski definition) is 4. The fourth-order valence-electron chi connectivity index (χ4n) is 1.75. The predicted molar refractivity (Wildman–Crippen MR) is 64.6 cm³/mol. The molecule has 0 aliphatic rings. The molecule has 0 saturated carbocycles. The molecule has 5 nitrogen and oxygen atoms in total. The summed E-state index contributed by atoms with van der Waals surface area (Å²) in [7, 11) is 3.21. The van der Waals surface area contributed by atoms with Crippen LogP contribution in [0.5, 0.6) is 5.75 Å². The minimum atomic E-state index is -0.412. The Hall–Kier alpha value is -1.95. The lowest BCUT2D eigenvalue weighted by Crippen LogP contribution is -2.14. The monoisotopic (exact) mass is 250 g/mol. The van der Waals surface area contributed by atoms with Crippen molar-refractivity contribution in [1.82, 2.24) is 15.0 Å². The standard InChI is InChI=1S/C12H15FN4O/c1-17-7-9(15-16-17)6-11(14)8-3-4-12(18-2)10(13)5-8/h3-5,7,11H,6,14H2,1-2H3. The summed E-state index contributed by atoms with van der Waals surface area (Å²) < 4.78 is 20.0. The number of halogens is 1. The highest BCUT2D eigenvalue weighted by Crippen LogP contribution is 2.22. The van der Waals surface area contributed by atoms with Gasteiger partial charge in [-0.2, -0.15) is 0 Å². The lowest BCUT2D eigenvalue weighted by Gasteiger charge is -2.11. The minimum absolute atomic E-state index is 0.213. The molecule has 0 radical (unpaired) electrons. The fraction of sp³-hybridized carbons (Fsp3) is 0.333. The van der Waals surface area contributed by atoms with E-state index in [2.05, 4.69) is 10.3 Å². The van der Waals surface area contributed by atoms with E-state index in [-0.39, 0.29) is 11.8 Å². The third kappa shape index (κ3) is 2.65. The first-order valence-electron chi connectivity index (χ1n) is 5.54. The van der Waals surface area contributed by atoms with Crippen LogP contribution in [-0.4, -0.2) is 22.1 Å². The summed E-state index contributed by atoms with van der Waals surface area (Å²) in [5.41, 5.74) is 7.50. The Balaban J connectivity index is 2.13. The Morgan fingerprint density at radius 3 is 2.83 bits per heavy atom. The number of benzene rings is 1. The summed E-state index contributed by atoms with van der Waals surface area (Å²) in [5.74, 6) is -0.199. The number of aromatic nitrogens is 3. The molecule has 0 bridgehead atoms. The Kier molecular flexibility index (Phi) is 3.57. The summed E-state index contributed by atoms with van der Waals surface area (Å²) in [5, 5.41) is 7.78. The number of rotatable bonds is 4. The summed E-state index contributed by atoms with van der Waals surface area (Å²) in [4.78, 5) is 0. The van der Waals surface area contributed by atoms with Crippen molar-refractivity contribution in [2.75, 3.05) is 7.11 Å². The lowest BCUT2D eigenvalue weighted by atomic mass is 10.0. The van der Waals surface area contributed by atoms with Crippen LogP contribution in [0.25, 0.3) is 0 Å². The van der Waals surface area contributed by atoms with Crippen LogP contribution in [-0.2, 0) is 13.5 Å². The molecule has 2 rings (SSSR count). The van der Waals surface area contributed by atoms with E-state index in [0.717, 1.165) is 5.69 Å². The highest BCUT2D eigenvalue weighted by Gasteiger charge is 2.12. The minimum Gasteiger partial charge on any atom is -0.494 e. The van der Waals surface area contributed by atoms with Gasteiger partial charge in [0.1, 0.15) is 0 Å². The van der Waals surface area contributed by atoms with E-state index in [1.807, 2.05) is 0 Å². The number of nitrogens with zero attached hydrogens (tertiary/aromatic N) is 3. The van der Waals surface area contributed by atoms with Gasteiger partial charge in [0.05, 0.1) is 12.8 Å². The van der Waals surface area contributed by atoms with Crippen molar-refractivity contribution in [2.24, 2.45) is 12.8 Å². The number of methoxy groups -OCH3 is 1. The molecular weight excluding hydrogens is 235 g/mol. The van der Waals surface area contributed by atoms with Crippen molar-refractivity contribution < 1.29 is 9.13 Å². The Bertz CT molecular complexity index is 541. The second-order valence-electron chi connectivity index (χ2n) is 4.09. The van der Waals surface area contributed by atoms with Crippen LogP contribution in [0.2, 0.25) is 0 Å². The van der Waals surface area contributed by atoms with Gasteiger partial charge in [-0.1, -0.05) is 11.3 Å². The zero-order chi connectivity index (χ0) is 13.1. The van der Waals surface area contributed by atoms with Crippen LogP contribution in [0, 0.1) is 5.82 Å². The third-order valence-electron chi connectivity index (χ3n) is 2.68. The van der Waals surface area contributed by atoms with E-state index >= 15 is 0 Å². The molecule has 0 amide bonds. The summed E-state index contributed by atoms with van der Waals surface area (Å²) >= 11 is 0. The molecule has 1 atom stereocenters. The molecular formula is C12H15FN4O. The van der Waals surface area contributed by atoms with Gasteiger partial charge >= 0.3 is 0 Å². The molecule has 1 unspecified atom stereocenters. The van der Waals surface area contributed by atoms with Crippen LogP contribution in [0.4, 0.5) is 4.39 Å². The van der Waals surface area contributed by atoms with Gasteiger partial charge in [-0.05, 0) is 17.7 Å². The molecule has 96 valence electrons. The van der Waals surface area contributed by atoms with Crippen LogP contribution >= 0.6 is 0 Å². The van der Waals surface area contributed by atoms with E-state index in [0.29, 0.717) is 12.0 Å². The van der Waals surface area contributed by atoms with Crippen molar-refractivity contribution in [3.8, 4) is 5.75 Å². The van der Waals surface area contributed by atoms with Gasteiger partial charge in [0.15, 0.2) is 11.6 Å². The molecule has 1 aromatic carbocycles. The molecule has 6 heteroatoms.